The first kappa shape index (κ1) is 14.0. The van der Waals surface area contributed by atoms with E-state index in [1.165, 1.54) is 6.07 Å². The smallest absolute Gasteiger partial charge is 0.314 e. The van der Waals surface area contributed by atoms with Gasteiger partial charge < -0.3 is 5.11 Å². The predicted octanol–water partition coefficient (Wildman–Crippen LogP) is 4.15. The number of benzene rings is 1. The van der Waals surface area contributed by atoms with Crippen molar-refractivity contribution in [1.82, 2.24) is 0 Å². The zero-order valence-electron chi connectivity index (χ0n) is 11.8. The molecule has 1 aromatic rings. The molecular formula is C16H21FO2. The summed E-state index contributed by atoms with van der Waals surface area (Å²) in [6.07, 6.45) is 3.18. The maximum Gasteiger partial charge on any atom is 0.314 e. The summed E-state index contributed by atoms with van der Waals surface area (Å²) in [6.45, 7) is 5.67. The molecule has 0 spiro atoms. The molecule has 2 rings (SSSR count). The van der Waals surface area contributed by atoms with Crippen molar-refractivity contribution < 1.29 is 14.3 Å². The molecule has 1 saturated carbocycles. The Kier molecular flexibility index (Phi) is 3.66. The lowest BCUT2D eigenvalue weighted by Crippen LogP contribution is -2.33. The summed E-state index contributed by atoms with van der Waals surface area (Å²) in [6, 6.07) is 3.28. The topological polar surface area (TPSA) is 37.3 Å². The number of carboxylic acids is 1. The normalized spacial score (nSPS) is 17.9. The van der Waals surface area contributed by atoms with Crippen LogP contribution in [0.1, 0.15) is 62.1 Å². The highest BCUT2D eigenvalue weighted by Gasteiger charge is 2.44. The maximum atomic E-state index is 13.9. The summed E-state index contributed by atoms with van der Waals surface area (Å²) in [7, 11) is 0. The lowest BCUT2D eigenvalue weighted by atomic mass is 9.75. The molecule has 0 unspecified atom stereocenters. The van der Waals surface area contributed by atoms with Gasteiger partial charge in [-0.3, -0.25) is 4.79 Å². The van der Waals surface area contributed by atoms with Crippen molar-refractivity contribution in [3.05, 3.63) is 34.6 Å². The fourth-order valence-corrected chi connectivity index (χ4v) is 3.22. The highest BCUT2D eigenvalue weighted by molar-refractivity contribution is 5.82. The van der Waals surface area contributed by atoms with Crippen molar-refractivity contribution in [2.45, 2.75) is 57.8 Å². The summed E-state index contributed by atoms with van der Waals surface area (Å²) >= 11 is 0. The number of aliphatic carboxylic acids is 1. The summed E-state index contributed by atoms with van der Waals surface area (Å²) in [5.41, 5.74) is 1.38. The first-order chi connectivity index (χ1) is 8.88. The SMILES string of the molecule is Cc1cc(F)c(C(C)C)cc1C1(C(=O)O)CCCC1. The van der Waals surface area contributed by atoms with E-state index in [4.69, 9.17) is 0 Å². The third-order valence-electron chi connectivity index (χ3n) is 4.35. The van der Waals surface area contributed by atoms with Crippen LogP contribution in [-0.2, 0) is 10.2 Å². The van der Waals surface area contributed by atoms with Crippen LogP contribution < -0.4 is 0 Å². The van der Waals surface area contributed by atoms with Gasteiger partial charge in [-0.05, 0) is 48.4 Å². The van der Waals surface area contributed by atoms with Gasteiger partial charge in [0.15, 0.2) is 0 Å². The molecular weight excluding hydrogens is 243 g/mol. The second-order valence-corrected chi connectivity index (χ2v) is 5.94. The summed E-state index contributed by atoms with van der Waals surface area (Å²) in [5, 5.41) is 9.65. The van der Waals surface area contributed by atoms with Crippen LogP contribution in [0.4, 0.5) is 4.39 Å². The van der Waals surface area contributed by atoms with Crippen molar-refractivity contribution in [3.8, 4) is 0 Å². The van der Waals surface area contributed by atoms with E-state index in [1.807, 2.05) is 20.8 Å². The minimum atomic E-state index is -0.804. The predicted molar refractivity (Wildman–Crippen MR) is 73.0 cm³/mol. The number of halogens is 1. The van der Waals surface area contributed by atoms with Gasteiger partial charge in [-0.2, -0.15) is 0 Å². The van der Waals surface area contributed by atoms with E-state index in [9.17, 15) is 14.3 Å². The molecule has 1 aliphatic rings. The molecule has 0 atom stereocenters. The number of carbonyl (C=O) groups is 1. The van der Waals surface area contributed by atoms with Crippen LogP contribution in [0.2, 0.25) is 0 Å². The average molecular weight is 264 g/mol. The zero-order valence-corrected chi connectivity index (χ0v) is 11.8. The summed E-state index contributed by atoms with van der Waals surface area (Å²) in [4.78, 5) is 11.7. The molecule has 1 N–H and O–H groups in total. The van der Waals surface area contributed by atoms with Gasteiger partial charge in [0.05, 0.1) is 5.41 Å². The van der Waals surface area contributed by atoms with Gasteiger partial charge in [-0.25, -0.2) is 4.39 Å². The lowest BCUT2D eigenvalue weighted by Gasteiger charge is -2.27. The van der Waals surface area contributed by atoms with Crippen molar-refractivity contribution in [3.63, 3.8) is 0 Å². The standard InChI is InChI=1S/C16H21FO2/c1-10(2)12-9-13(11(3)8-14(12)17)16(15(18)19)6-4-5-7-16/h8-10H,4-7H2,1-3H3,(H,18,19). The van der Waals surface area contributed by atoms with Gasteiger partial charge in [0.2, 0.25) is 0 Å². The Morgan fingerprint density at radius 3 is 2.37 bits per heavy atom. The van der Waals surface area contributed by atoms with E-state index in [0.29, 0.717) is 18.4 Å². The molecule has 2 nitrogen and oxygen atoms in total. The van der Waals surface area contributed by atoms with Crippen LogP contribution >= 0.6 is 0 Å². The summed E-state index contributed by atoms with van der Waals surface area (Å²) < 4.78 is 13.9. The second-order valence-electron chi connectivity index (χ2n) is 5.94. The van der Waals surface area contributed by atoms with E-state index in [0.717, 1.165) is 24.0 Å². The molecule has 0 amide bonds. The Bertz CT molecular complexity index is 500. The number of hydrogen-bond donors (Lipinski definition) is 1. The van der Waals surface area contributed by atoms with E-state index in [1.54, 1.807) is 6.07 Å². The highest BCUT2D eigenvalue weighted by atomic mass is 19.1. The third kappa shape index (κ3) is 2.26. The van der Waals surface area contributed by atoms with Crippen LogP contribution in [-0.4, -0.2) is 11.1 Å². The van der Waals surface area contributed by atoms with Crippen LogP contribution in [0.5, 0.6) is 0 Å². The lowest BCUT2D eigenvalue weighted by molar-refractivity contribution is -0.143. The number of hydrogen-bond acceptors (Lipinski definition) is 1. The molecule has 0 heterocycles. The number of carboxylic acid groups (broad SMARTS) is 1. The first-order valence-electron chi connectivity index (χ1n) is 6.92. The molecule has 104 valence electrons. The molecule has 1 fully saturated rings. The molecule has 0 aromatic heterocycles. The van der Waals surface area contributed by atoms with Crippen LogP contribution in [0.3, 0.4) is 0 Å². The van der Waals surface area contributed by atoms with E-state index in [2.05, 4.69) is 0 Å². The van der Waals surface area contributed by atoms with Gasteiger partial charge >= 0.3 is 5.97 Å². The zero-order chi connectivity index (χ0) is 14.2. The quantitative estimate of drug-likeness (QED) is 0.890. The molecule has 1 aromatic carbocycles. The molecule has 0 aliphatic heterocycles. The van der Waals surface area contributed by atoms with E-state index >= 15 is 0 Å². The minimum absolute atomic E-state index is 0.0617. The van der Waals surface area contributed by atoms with Crippen molar-refractivity contribution >= 4 is 5.97 Å². The highest BCUT2D eigenvalue weighted by Crippen LogP contribution is 2.43. The molecule has 0 radical (unpaired) electrons. The molecule has 0 saturated heterocycles. The van der Waals surface area contributed by atoms with Crippen molar-refractivity contribution in [2.75, 3.05) is 0 Å². The van der Waals surface area contributed by atoms with Crippen LogP contribution in [0, 0.1) is 12.7 Å². The van der Waals surface area contributed by atoms with Gasteiger partial charge in [0.25, 0.3) is 0 Å². The molecule has 0 bridgehead atoms. The van der Waals surface area contributed by atoms with Crippen molar-refractivity contribution in [2.24, 2.45) is 0 Å². The molecule has 3 heteroatoms. The monoisotopic (exact) mass is 264 g/mol. The number of aryl methyl sites for hydroxylation is 1. The third-order valence-corrected chi connectivity index (χ3v) is 4.35. The van der Waals surface area contributed by atoms with Crippen LogP contribution in [0.25, 0.3) is 0 Å². The van der Waals surface area contributed by atoms with Gasteiger partial charge in [0.1, 0.15) is 5.82 Å². The van der Waals surface area contributed by atoms with Gasteiger partial charge in [-0.1, -0.05) is 32.8 Å². The summed E-state index contributed by atoms with van der Waals surface area (Å²) in [5.74, 6) is -0.934. The maximum absolute atomic E-state index is 13.9. The minimum Gasteiger partial charge on any atom is -0.481 e. The Morgan fingerprint density at radius 1 is 1.32 bits per heavy atom. The van der Waals surface area contributed by atoms with Gasteiger partial charge in [0, 0.05) is 0 Å². The van der Waals surface area contributed by atoms with E-state index < -0.39 is 11.4 Å². The average Bonchev–Trinajstić information content (AvgIpc) is 2.78. The first-order valence-corrected chi connectivity index (χ1v) is 6.92. The fraction of sp³-hybridized carbons (Fsp3) is 0.562. The largest absolute Gasteiger partial charge is 0.481 e. The molecule has 19 heavy (non-hydrogen) atoms. The Labute approximate surface area is 113 Å². The Morgan fingerprint density at radius 2 is 1.89 bits per heavy atom. The Balaban J connectivity index is 2.60. The van der Waals surface area contributed by atoms with E-state index in [-0.39, 0.29) is 11.7 Å². The van der Waals surface area contributed by atoms with Crippen molar-refractivity contribution in [1.29, 1.82) is 0 Å². The number of rotatable bonds is 3. The Hall–Kier alpha value is -1.38. The fourth-order valence-electron chi connectivity index (χ4n) is 3.22. The molecule has 1 aliphatic carbocycles. The van der Waals surface area contributed by atoms with Crippen LogP contribution in [0.15, 0.2) is 12.1 Å². The van der Waals surface area contributed by atoms with Gasteiger partial charge in [-0.15, -0.1) is 0 Å². The second kappa shape index (κ2) is 4.95.